The van der Waals surface area contributed by atoms with Crippen LogP contribution in [0.4, 0.5) is 16.3 Å². The summed E-state index contributed by atoms with van der Waals surface area (Å²) in [4.78, 5) is 45.8. The fraction of sp³-hybridized carbons (Fsp3) is 0.417. The van der Waals surface area contributed by atoms with Crippen LogP contribution in [0.25, 0.3) is 32.8 Å². The van der Waals surface area contributed by atoms with Gasteiger partial charge in [-0.3, -0.25) is 4.79 Å². The lowest BCUT2D eigenvalue weighted by molar-refractivity contribution is 0.000790. The Hall–Kier alpha value is -3.60. The molecule has 0 spiro atoms. The van der Waals surface area contributed by atoms with E-state index in [2.05, 4.69) is 19.9 Å². The predicted molar refractivity (Wildman–Crippen MR) is 137 cm³/mol. The van der Waals surface area contributed by atoms with Crippen molar-refractivity contribution in [3.8, 4) is 11.4 Å². The van der Waals surface area contributed by atoms with Gasteiger partial charge in [-0.2, -0.15) is 0 Å². The first kappa shape index (κ1) is 21.9. The molecule has 182 valence electrons. The summed E-state index contributed by atoms with van der Waals surface area (Å²) in [5.74, 6) is 1.22. The molecule has 4 aromatic rings. The molecule has 0 aliphatic carbocycles. The number of hydrogen-bond donors (Lipinski definition) is 3. The third-order valence-corrected chi connectivity index (χ3v) is 7.53. The molecule has 11 heteroatoms. The monoisotopic (exact) mass is 493 g/mol. The van der Waals surface area contributed by atoms with Crippen molar-refractivity contribution in [2.45, 2.75) is 51.3 Å². The van der Waals surface area contributed by atoms with Gasteiger partial charge in [0.2, 0.25) is 0 Å². The van der Waals surface area contributed by atoms with Crippen molar-refractivity contribution in [3.63, 3.8) is 0 Å². The number of nitrogens with one attached hydrogen (secondary N) is 2. The van der Waals surface area contributed by atoms with Gasteiger partial charge >= 0.3 is 6.09 Å². The average Bonchev–Trinajstić information content (AvgIpc) is 3.44. The number of piperidine rings is 2. The highest BCUT2D eigenvalue weighted by Crippen LogP contribution is 2.34. The number of aromatic amines is 2. The number of rotatable bonds is 2. The van der Waals surface area contributed by atoms with E-state index in [1.165, 1.54) is 11.3 Å². The lowest BCUT2D eigenvalue weighted by atomic mass is 9.91. The summed E-state index contributed by atoms with van der Waals surface area (Å²) in [7, 11) is 0. The molecule has 0 saturated carbocycles. The van der Waals surface area contributed by atoms with Gasteiger partial charge in [0.1, 0.15) is 33.2 Å². The molecule has 2 bridgehead atoms. The first-order valence-electron chi connectivity index (χ1n) is 11.7. The number of carbonyl (C=O) groups is 1. The molecule has 7 heterocycles. The average molecular weight is 494 g/mol. The van der Waals surface area contributed by atoms with E-state index in [0.29, 0.717) is 41.3 Å². The zero-order valence-electron chi connectivity index (χ0n) is 19.8. The van der Waals surface area contributed by atoms with Gasteiger partial charge in [-0.1, -0.05) is 0 Å². The summed E-state index contributed by atoms with van der Waals surface area (Å²) >= 11 is 1.44. The van der Waals surface area contributed by atoms with Crippen molar-refractivity contribution in [2.75, 3.05) is 23.7 Å². The molecule has 2 unspecified atom stereocenters. The molecule has 3 fully saturated rings. The van der Waals surface area contributed by atoms with Crippen molar-refractivity contribution < 1.29 is 9.53 Å². The van der Waals surface area contributed by atoms with E-state index in [1.54, 1.807) is 0 Å². The predicted octanol–water partition coefficient (Wildman–Crippen LogP) is 3.70. The standard InChI is InChI=1S/C24H27N7O3S/c1-24(2,3)34-23(33)31-11-12-4-5-13(31)10-30(12)16-7-6-15-19(27-16)28-20(26-15)17-18(25)14-8-9-35-22(14)29-21(17)32/h6-9,12-13H,4-5,10-11H2,1-3H3,(H3,25,29,32)(H,26,27,28). The minimum absolute atomic E-state index is 0.0837. The third kappa shape index (κ3) is 3.70. The van der Waals surface area contributed by atoms with Crippen LogP contribution in [-0.4, -0.2) is 61.7 Å². The van der Waals surface area contributed by atoms with E-state index in [4.69, 9.17) is 15.5 Å². The molecule has 7 rings (SSSR count). The molecule has 3 saturated heterocycles. The molecular weight excluding hydrogens is 466 g/mol. The van der Waals surface area contributed by atoms with Crippen LogP contribution in [0, 0.1) is 0 Å². The maximum Gasteiger partial charge on any atom is 0.410 e. The van der Waals surface area contributed by atoms with Crippen LogP contribution in [0.5, 0.6) is 0 Å². The highest BCUT2D eigenvalue weighted by atomic mass is 32.1. The van der Waals surface area contributed by atoms with Crippen molar-refractivity contribution in [2.24, 2.45) is 0 Å². The number of amides is 1. The molecule has 10 nitrogen and oxygen atoms in total. The van der Waals surface area contributed by atoms with Gasteiger partial charge in [-0.25, -0.2) is 14.8 Å². The number of piperazine rings is 1. The Morgan fingerprint density at radius 3 is 2.69 bits per heavy atom. The molecule has 3 aliphatic heterocycles. The van der Waals surface area contributed by atoms with Crippen molar-refractivity contribution in [1.29, 1.82) is 0 Å². The molecule has 4 N–H and O–H groups in total. The molecule has 4 aromatic heterocycles. The molecule has 1 amide bonds. The summed E-state index contributed by atoms with van der Waals surface area (Å²) in [6, 6.07) is 5.99. The number of fused-ring (bicyclic) bond motifs is 5. The number of H-pyrrole nitrogens is 2. The SMILES string of the molecule is CC(C)(C)OC(=O)N1CC2CCC1CN2c1ccc2nc(-c3c(N)c4ccsc4[nH]c3=O)[nH]c2n1. The highest BCUT2D eigenvalue weighted by molar-refractivity contribution is 7.16. The van der Waals surface area contributed by atoms with Crippen LogP contribution in [-0.2, 0) is 4.74 Å². The minimum atomic E-state index is -0.516. The Morgan fingerprint density at radius 1 is 1.14 bits per heavy atom. The molecule has 0 radical (unpaired) electrons. The number of nitrogen functional groups attached to an aromatic ring is 1. The number of anilines is 2. The number of ether oxygens (including phenoxy) is 1. The first-order valence-corrected chi connectivity index (χ1v) is 12.6. The lowest BCUT2D eigenvalue weighted by Crippen LogP contribution is -2.64. The summed E-state index contributed by atoms with van der Waals surface area (Å²) in [5, 5.41) is 2.70. The summed E-state index contributed by atoms with van der Waals surface area (Å²) in [6.07, 6.45) is 1.69. The van der Waals surface area contributed by atoms with Gasteiger partial charge < -0.3 is 30.2 Å². The van der Waals surface area contributed by atoms with E-state index < -0.39 is 5.60 Å². The lowest BCUT2D eigenvalue weighted by Gasteiger charge is -2.51. The van der Waals surface area contributed by atoms with Crippen LogP contribution in [0.2, 0.25) is 0 Å². The first-order chi connectivity index (χ1) is 16.7. The molecular formula is C24H27N7O3S. The fourth-order valence-corrected chi connectivity index (χ4v) is 5.89. The Kier molecular flexibility index (Phi) is 4.82. The van der Waals surface area contributed by atoms with Gasteiger partial charge in [-0.15, -0.1) is 11.3 Å². The van der Waals surface area contributed by atoms with Crippen molar-refractivity contribution in [3.05, 3.63) is 33.9 Å². The number of imidazole rings is 1. The van der Waals surface area contributed by atoms with Gasteiger partial charge in [0.05, 0.1) is 11.7 Å². The zero-order valence-corrected chi connectivity index (χ0v) is 20.6. The number of nitrogens with zero attached hydrogens (tertiary/aromatic N) is 4. The minimum Gasteiger partial charge on any atom is -0.444 e. The van der Waals surface area contributed by atoms with Gasteiger partial charge in [0, 0.05) is 24.5 Å². The molecule has 35 heavy (non-hydrogen) atoms. The van der Waals surface area contributed by atoms with Crippen molar-refractivity contribution in [1.82, 2.24) is 24.8 Å². The normalized spacial score (nSPS) is 20.2. The molecule has 0 aromatic carbocycles. The van der Waals surface area contributed by atoms with Gasteiger partial charge in [0.15, 0.2) is 5.65 Å². The summed E-state index contributed by atoms with van der Waals surface area (Å²) in [5.41, 5.74) is 7.51. The van der Waals surface area contributed by atoms with Crippen LogP contribution < -0.4 is 16.2 Å². The van der Waals surface area contributed by atoms with Gasteiger partial charge in [0.25, 0.3) is 5.56 Å². The smallest absolute Gasteiger partial charge is 0.410 e. The summed E-state index contributed by atoms with van der Waals surface area (Å²) in [6.45, 7) is 6.97. The number of carbonyl (C=O) groups excluding carboxylic acids is 1. The quantitative estimate of drug-likeness (QED) is 0.388. The van der Waals surface area contributed by atoms with E-state index >= 15 is 0 Å². The second-order valence-electron chi connectivity index (χ2n) is 10.2. The van der Waals surface area contributed by atoms with Crippen molar-refractivity contribution >= 4 is 50.3 Å². The van der Waals surface area contributed by atoms with E-state index in [-0.39, 0.29) is 23.7 Å². The molecule has 3 aliphatic rings. The highest BCUT2D eigenvalue weighted by Gasteiger charge is 2.43. The number of aromatic nitrogens is 4. The zero-order chi connectivity index (χ0) is 24.5. The van der Waals surface area contributed by atoms with Crippen LogP contribution >= 0.6 is 11.3 Å². The Morgan fingerprint density at radius 2 is 1.94 bits per heavy atom. The van der Waals surface area contributed by atoms with E-state index in [0.717, 1.165) is 28.9 Å². The Balaban J connectivity index is 1.29. The second-order valence-corrected chi connectivity index (χ2v) is 11.1. The van der Waals surface area contributed by atoms with E-state index in [9.17, 15) is 9.59 Å². The number of hydrogen-bond acceptors (Lipinski definition) is 8. The van der Waals surface area contributed by atoms with Crippen LogP contribution in [0.1, 0.15) is 33.6 Å². The Bertz CT molecular complexity index is 1520. The number of pyridine rings is 2. The molecule has 2 atom stereocenters. The maximum absolute atomic E-state index is 12.7. The Labute approximate surface area is 205 Å². The van der Waals surface area contributed by atoms with Crippen LogP contribution in [0.3, 0.4) is 0 Å². The number of nitrogens with two attached hydrogens (primary N) is 1. The van der Waals surface area contributed by atoms with E-state index in [1.807, 2.05) is 49.3 Å². The topological polar surface area (TPSA) is 133 Å². The number of thiophene rings is 1. The van der Waals surface area contributed by atoms with Gasteiger partial charge in [-0.05, 0) is 57.2 Å². The summed E-state index contributed by atoms with van der Waals surface area (Å²) < 4.78 is 5.62. The second kappa shape index (κ2) is 7.70. The maximum atomic E-state index is 12.7. The largest absolute Gasteiger partial charge is 0.444 e. The fourth-order valence-electron chi connectivity index (χ4n) is 5.09. The third-order valence-electron chi connectivity index (χ3n) is 6.70. The van der Waals surface area contributed by atoms with Crippen LogP contribution in [0.15, 0.2) is 28.4 Å².